The minimum Gasteiger partial charge on any atom is -0.321 e. The lowest BCUT2D eigenvalue weighted by atomic mass is 10.2. The maximum absolute atomic E-state index is 12.2. The Kier molecular flexibility index (Phi) is 4.41. The van der Waals surface area contributed by atoms with Crippen LogP contribution in [0, 0.1) is 10.1 Å². The second-order valence-corrected chi connectivity index (χ2v) is 5.14. The zero-order valence-electron chi connectivity index (χ0n) is 10.0. The van der Waals surface area contributed by atoms with Crippen molar-refractivity contribution in [3.63, 3.8) is 0 Å². The lowest BCUT2D eigenvalue weighted by Crippen LogP contribution is -2.13. The van der Waals surface area contributed by atoms with Crippen LogP contribution in [0.2, 0.25) is 0 Å². The van der Waals surface area contributed by atoms with Crippen molar-refractivity contribution in [2.45, 2.75) is 4.90 Å². The third-order valence-corrected chi connectivity index (χ3v) is 3.80. The van der Waals surface area contributed by atoms with E-state index in [0.717, 1.165) is 0 Å². The number of thiol groups is 1. The van der Waals surface area contributed by atoms with Gasteiger partial charge in [-0.25, -0.2) is 0 Å². The van der Waals surface area contributed by atoms with E-state index in [1.165, 1.54) is 18.2 Å². The zero-order valence-corrected chi connectivity index (χ0v) is 12.5. The summed E-state index contributed by atoms with van der Waals surface area (Å²) in [6.07, 6.45) is 0. The van der Waals surface area contributed by atoms with Gasteiger partial charge in [-0.3, -0.25) is 14.9 Å². The summed E-state index contributed by atoms with van der Waals surface area (Å²) in [4.78, 5) is 23.1. The molecule has 0 aliphatic carbocycles. The molecule has 5 nitrogen and oxygen atoms in total. The van der Waals surface area contributed by atoms with E-state index in [0.29, 0.717) is 10.6 Å². The van der Waals surface area contributed by atoms with Gasteiger partial charge in [0.15, 0.2) is 0 Å². The minimum absolute atomic E-state index is 0.152. The summed E-state index contributed by atoms with van der Waals surface area (Å²) in [6, 6.07) is 11.3. The van der Waals surface area contributed by atoms with Crippen molar-refractivity contribution in [1.82, 2.24) is 0 Å². The van der Waals surface area contributed by atoms with Crippen molar-refractivity contribution in [2.75, 3.05) is 5.32 Å². The zero-order chi connectivity index (χ0) is 14.7. The van der Waals surface area contributed by atoms with Gasteiger partial charge >= 0.3 is 0 Å². The number of carbonyl (C=O) groups is 1. The predicted molar refractivity (Wildman–Crippen MR) is 82.4 cm³/mol. The molecule has 102 valence electrons. The molecule has 1 N–H and O–H groups in total. The van der Waals surface area contributed by atoms with E-state index >= 15 is 0 Å². The molecule has 0 fully saturated rings. The topological polar surface area (TPSA) is 72.2 Å². The Labute approximate surface area is 128 Å². The fourth-order valence-corrected chi connectivity index (χ4v) is 2.41. The van der Waals surface area contributed by atoms with Crippen molar-refractivity contribution >= 4 is 45.8 Å². The third kappa shape index (κ3) is 3.00. The Hall–Kier alpha value is -1.86. The lowest BCUT2D eigenvalue weighted by molar-refractivity contribution is -0.385. The maximum Gasteiger partial charge on any atom is 0.284 e. The number of nitrogens with one attached hydrogen (secondary N) is 1. The molecule has 0 atom stereocenters. The molecule has 0 unspecified atom stereocenters. The van der Waals surface area contributed by atoms with Crippen LogP contribution in [-0.2, 0) is 0 Å². The summed E-state index contributed by atoms with van der Waals surface area (Å²) in [5, 5.41) is 13.5. The molecule has 0 saturated carbocycles. The van der Waals surface area contributed by atoms with E-state index in [2.05, 4.69) is 33.9 Å². The molecule has 1 amide bonds. The molecule has 20 heavy (non-hydrogen) atoms. The summed E-state index contributed by atoms with van der Waals surface area (Å²) in [6.45, 7) is 0. The Morgan fingerprint density at radius 3 is 2.55 bits per heavy atom. The van der Waals surface area contributed by atoms with Crippen molar-refractivity contribution in [3.05, 3.63) is 62.6 Å². The first-order valence-corrected chi connectivity index (χ1v) is 6.77. The third-order valence-electron chi connectivity index (χ3n) is 2.57. The molecule has 7 heteroatoms. The van der Waals surface area contributed by atoms with Crippen LogP contribution in [0.4, 0.5) is 11.4 Å². The number of nitrogens with zero attached hydrogens (tertiary/aromatic N) is 1. The molecule has 2 aromatic carbocycles. The highest BCUT2D eigenvalue weighted by atomic mass is 79.9. The standard InChI is InChI=1S/C13H9BrN2O3S/c14-12-8(4-3-6-10(12)16(18)19)13(17)15-9-5-1-2-7-11(9)20/h1-7,20H,(H,15,17). The Bertz CT molecular complexity index is 691. The highest BCUT2D eigenvalue weighted by Crippen LogP contribution is 2.29. The lowest BCUT2D eigenvalue weighted by Gasteiger charge is -2.08. The van der Waals surface area contributed by atoms with Gasteiger partial charge in [0.25, 0.3) is 11.6 Å². The first-order chi connectivity index (χ1) is 9.50. The molecule has 0 heterocycles. The van der Waals surface area contributed by atoms with Crippen LogP contribution in [0.3, 0.4) is 0 Å². The molecule has 0 aromatic heterocycles. The molecular formula is C13H9BrN2O3S. The summed E-state index contributed by atoms with van der Waals surface area (Å²) in [5.74, 6) is -0.443. The number of rotatable bonds is 3. The molecule has 0 aliphatic heterocycles. The van der Waals surface area contributed by atoms with Crippen LogP contribution in [0.1, 0.15) is 10.4 Å². The fraction of sp³-hybridized carbons (Fsp3) is 0. The first-order valence-electron chi connectivity index (χ1n) is 5.53. The monoisotopic (exact) mass is 352 g/mol. The van der Waals surface area contributed by atoms with Crippen LogP contribution >= 0.6 is 28.6 Å². The minimum atomic E-state index is -0.548. The number of anilines is 1. The molecule has 0 aliphatic rings. The maximum atomic E-state index is 12.2. The highest BCUT2D eigenvalue weighted by molar-refractivity contribution is 9.10. The van der Waals surface area contributed by atoms with Gasteiger partial charge in [-0.2, -0.15) is 0 Å². The second-order valence-electron chi connectivity index (χ2n) is 3.87. The number of para-hydroxylation sites is 1. The van der Waals surface area contributed by atoms with E-state index in [4.69, 9.17) is 0 Å². The predicted octanol–water partition coefficient (Wildman–Crippen LogP) is 3.90. The van der Waals surface area contributed by atoms with Gasteiger partial charge in [0.1, 0.15) is 4.47 Å². The number of nitro groups is 1. The Balaban J connectivity index is 2.33. The number of amides is 1. The van der Waals surface area contributed by atoms with E-state index in [-0.39, 0.29) is 15.7 Å². The normalized spacial score (nSPS) is 10.1. The van der Waals surface area contributed by atoms with Crippen molar-refractivity contribution in [2.24, 2.45) is 0 Å². The van der Waals surface area contributed by atoms with Gasteiger partial charge in [0.05, 0.1) is 16.2 Å². The highest BCUT2D eigenvalue weighted by Gasteiger charge is 2.19. The largest absolute Gasteiger partial charge is 0.321 e. The van der Waals surface area contributed by atoms with Crippen molar-refractivity contribution in [1.29, 1.82) is 0 Å². The molecule has 0 radical (unpaired) electrons. The second kappa shape index (κ2) is 6.06. The van der Waals surface area contributed by atoms with Crippen LogP contribution in [0.15, 0.2) is 51.8 Å². The van der Waals surface area contributed by atoms with Gasteiger partial charge in [-0.05, 0) is 34.1 Å². The molecule has 0 spiro atoms. The smallest absolute Gasteiger partial charge is 0.284 e. The van der Waals surface area contributed by atoms with E-state index in [1.54, 1.807) is 24.3 Å². The van der Waals surface area contributed by atoms with Gasteiger partial charge in [-0.1, -0.05) is 18.2 Å². The Morgan fingerprint density at radius 1 is 1.20 bits per heavy atom. The average Bonchev–Trinajstić information content (AvgIpc) is 2.41. The molecule has 2 aromatic rings. The van der Waals surface area contributed by atoms with Crippen LogP contribution in [0.25, 0.3) is 0 Å². The SMILES string of the molecule is O=C(Nc1ccccc1S)c1cccc([N+](=O)[O-])c1Br. The number of hydrogen-bond acceptors (Lipinski definition) is 4. The van der Waals surface area contributed by atoms with Gasteiger partial charge in [0.2, 0.25) is 0 Å². The van der Waals surface area contributed by atoms with Gasteiger partial charge in [0, 0.05) is 11.0 Å². The molecular weight excluding hydrogens is 344 g/mol. The van der Waals surface area contributed by atoms with Crippen molar-refractivity contribution in [3.8, 4) is 0 Å². The van der Waals surface area contributed by atoms with Crippen LogP contribution in [-0.4, -0.2) is 10.8 Å². The first kappa shape index (κ1) is 14.5. The fourth-order valence-electron chi connectivity index (χ4n) is 1.61. The average molecular weight is 353 g/mol. The molecule has 0 bridgehead atoms. The summed E-state index contributed by atoms with van der Waals surface area (Å²) >= 11 is 7.32. The number of nitro benzene ring substituents is 1. The number of halogens is 1. The number of carbonyl (C=O) groups excluding carboxylic acids is 1. The van der Waals surface area contributed by atoms with E-state index < -0.39 is 10.8 Å². The quantitative estimate of drug-likeness (QED) is 0.499. The molecule has 0 saturated heterocycles. The van der Waals surface area contributed by atoms with Crippen LogP contribution < -0.4 is 5.32 Å². The van der Waals surface area contributed by atoms with Crippen LogP contribution in [0.5, 0.6) is 0 Å². The summed E-state index contributed by atoms with van der Waals surface area (Å²) < 4.78 is 0.152. The number of hydrogen-bond donors (Lipinski definition) is 2. The van der Waals surface area contributed by atoms with E-state index in [9.17, 15) is 14.9 Å². The summed E-state index contributed by atoms with van der Waals surface area (Å²) in [7, 11) is 0. The molecule has 2 rings (SSSR count). The van der Waals surface area contributed by atoms with E-state index in [1.807, 2.05) is 0 Å². The van der Waals surface area contributed by atoms with Gasteiger partial charge in [-0.15, -0.1) is 12.6 Å². The Morgan fingerprint density at radius 2 is 1.90 bits per heavy atom. The summed E-state index contributed by atoms with van der Waals surface area (Å²) in [5.41, 5.74) is 0.576. The van der Waals surface area contributed by atoms with Crippen molar-refractivity contribution < 1.29 is 9.72 Å². The van der Waals surface area contributed by atoms with Gasteiger partial charge < -0.3 is 5.32 Å². The number of benzene rings is 2.